The van der Waals surface area contributed by atoms with Gasteiger partial charge in [-0.25, -0.2) is 0 Å². The Hall–Kier alpha value is -1.06. The first-order valence-corrected chi connectivity index (χ1v) is 6.15. The van der Waals surface area contributed by atoms with Crippen molar-refractivity contribution in [2.75, 3.05) is 6.54 Å². The fourth-order valence-corrected chi connectivity index (χ4v) is 2.19. The minimum atomic E-state index is 0.812. The molecule has 2 rings (SSSR count). The minimum Gasteiger partial charge on any atom is -0.467 e. The van der Waals surface area contributed by atoms with Crippen molar-refractivity contribution in [1.29, 1.82) is 0 Å². The van der Waals surface area contributed by atoms with Gasteiger partial charge in [-0.05, 0) is 41.4 Å². The van der Waals surface area contributed by atoms with E-state index in [0.717, 1.165) is 25.3 Å². The smallest absolute Gasteiger partial charge is 0.125 e. The largest absolute Gasteiger partial charge is 0.467 e. The van der Waals surface area contributed by atoms with E-state index in [4.69, 9.17) is 4.42 Å². The van der Waals surface area contributed by atoms with Crippen molar-refractivity contribution in [2.24, 2.45) is 0 Å². The van der Waals surface area contributed by atoms with E-state index in [2.05, 4.69) is 29.1 Å². The highest BCUT2D eigenvalue weighted by Gasteiger charge is 2.07. The van der Waals surface area contributed by atoms with Gasteiger partial charge in [0.2, 0.25) is 0 Å². The van der Waals surface area contributed by atoms with E-state index < -0.39 is 0 Å². The highest BCUT2D eigenvalue weighted by molar-refractivity contribution is 7.08. The summed E-state index contributed by atoms with van der Waals surface area (Å²) in [6.07, 6.45) is 2.91. The summed E-state index contributed by atoms with van der Waals surface area (Å²) in [4.78, 5) is 0. The maximum absolute atomic E-state index is 5.48. The summed E-state index contributed by atoms with van der Waals surface area (Å²) < 4.78 is 5.48. The zero-order valence-electron chi connectivity index (χ0n) is 8.82. The molecule has 2 nitrogen and oxygen atoms in total. The number of rotatable bonds is 5. The summed E-state index contributed by atoms with van der Waals surface area (Å²) in [6.45, 7) is 4.00. The van der Waals surface area contributed by atoms with E-state index in [9.17, 15) is 0 Å². The lowest BCUT2D eigenvalue weighted by atomic mass is 10.1. The first-order valence-electron chi connectivity index (χ1n) is 5.21. The monoisotopic (exact) mass is 221 g/mol. The van der Waals surface area contributed by atoms with Gasteiger partial charge < -0.3 is 9.73 Å². The van der Waals surface area contributed by atoms with Gasteiger partial charge in [-0.15, -0.1) is 0 Å². The summed E-state index contributed by atoms with van der Waals surface area (Å²) >= 11 is 1.71. The van der Waals surface area contributed by atoms with E-state index in [1.807, 2.05) is 6.07 Å². The average molecular weight is 221 g/mol. The molecule has 80 valence electrons. The summed E-state index contributed by atoms with van der Waals surface area (Å²) in [5.41, 5.74) is 2.46. The highest BCUT2D eigenvalue weighted by atomic mass is 32.1. The summed E-state index contributed by atoms with van der Waals surface area (Å²) in [7, 11) is 0. The van der Waals surface area contributed by atoms with Crippen molar-refractivity contribution >= 4 is 11.3 Å². The molecule has 0 aliphatic heterocycles. The number of hydrogen-bond donors (Lipinski definition) is 1. The lowest BCUT2D eigenvalue weighted by Gasteiger charge is -2.02. The molecule has 15 heavy (non-hydrogen) atoms. The van der Waals surface area contributed by atoms with Crippen LogP contribution in [0.3, 0.4) is 0 Å². The predicted octanol–water partition coefficient (Wildman–Crippen LogP) is 3.51. The molecule has 0 saturated heterocycles. The van der Waals surface area contributed by atoms with Crippen LogP contribution < -0.4 is 5.32 Å². The molecule has 2 heterocycles. The highest BCUT2D eigenvalue weighted by Crippen LogP contribution is 2.26. The second kappa shape index (κ2) is 5.14. The molecule has 0 bridgehead atoms. The van der Waals surface area contributed by atoms with Gasteiger partial charge in [-0.3, -0.25) is 0 Å². The maximum atomic E-state index is 5.48. The fraction of sp³-hybridized carbons (Fsp3) is 0.333. The number of thiophene rings is 1. The van der Waals surface area contributed by atoms with E-state index in [1.54, 1.807) is 17.6 Å². The van der Waals surface area contributed by atoms with E-state index in [1.165, 1.54) is 11.1 Å². The first-order chi connectivity index (χ1) is 7.42. The average Bonchev–Trinajstić information content (AvgIpc) is 2.87. The SMILES string of the molecule is CCCNCc1occc1-c1ccsc1. The van der Waals surface area contributed by atoms with Crippen LogP contribution in [-0.4, -0.2) is 6.54 Å². The van der Waals surface area contributed by atoms with Crippen LogP contribution in [0.25, 0.3) is 11.1 Å². The van der Waals surface area contributed by atoms with Crippen LogP contribution in [-0.2, 0) is 6.54 Å². The van der Waals surface area contributed by atoms with Crippen molar-refractivity contribution in [3.05, 3.63) is 34.9 Å². The van der Waals surface area contributed by atoms with Crippen LogP contribution in [0, 0.1) is 0 Å². The van der Waals surface area contributed by atoms with E-state index in [0.29, 0.717) is 0 Å². The Kier molecular flexibility index (Phi) is 3.59. The Morgan fingerprint density at radius 2 is 2.33 bits per heavy atom. The van der Waals surface area contributed by atoms with Crippen LogP contribution in [0.4, 0.5) is 0 Å². The molecule has 0 saturated carbocycles. The zero-order chi connectivity index (χ0) is 10.5. The van der Waals surface area contributed by atoms with Gasteiger partial charge in [0.15, 0.2) is 0 Å². The van der Waals surface area contributed by atoms with Crippen LogP contribution in [0.5, 0.6) is 0 Å². The molecule has 2 aromatic heterocycles. The third kappa shape index (κ3) is 2.49. The van der Waals surface area contributed by atoms with Crippen LogP contribution in [0.15, 0.2) is 33.6 Å². The molecule has 0 atom stereocenters. The molecule has 0 fully saturated rings. The summed E-state index contributed by atoms with van der Waals surface area (Å²) in [5, 5.41) is 7.59. The minimum absolute atomic E-state index is 0.812. The fourth-order valence-electron chi connectivity index (χ4n) is 1.53. The van der Waals surface area contributed by atoms with Crippen LogP contribution in [0.1, 0.15) is 19.1 Å². The molecule has 0 spiro atoms. The van der Waals surface area contributed by atoms with E-state index in [-0.39, 0.29) is 0 Å². The molecule has 0 aliphatic rings. The molecule has 0 aliphatic carbocycles. The van der Waals surface area contributed by atoms with Gasteiger partial charge in [0.05, 0.1) is 12.8 Å². The molecule has 0 unspecified atom stereocenters. The lowest BCUT2D eigenvalue weighted by molar-refractivity contribution is 0.484. The topological polar surface area (TPSA) is 25.2 Å². The van der Waals surface area contributed by atoms with Crippen molar-refractivity contribution in [3.63, 3.8) is 0 Å². The molecule has 3 heteroatoms. The third-order valence-corrected chi connectivity index (χ3v) is 2.97. The number of nitrogens with one attached hydrogen (secondary N) is 1. The second-order valence-electron chi connectivity index (χ2n) is 3.45. The summed E-state index contributed by atoms with van der Waals surface area (Å²) in [5.74, 6) is 1.03. The van der Waals surface area contributed by atoms with Crippen molar-refractivity contribution in [2.45, 2.75) is 19.9 Å². The molecular formula is C12H15NOS. The van der Waals surface area contributed by atoms with Crippen molar-refractivity contribution in [3.8, 4) is 11.1 Å². The normalized spacial score (nSPS) is 10.7. The maximum Gasteiger partial charge on any atom is 0.125 e. The second-order valence-corrected chi connectivity index (χ2v) is 4.23. The molecule has 1 N–H and O–H groups in total. The van der Waals surface area contributed by atoms with Crippen molar-refractivity contribution in [1.82, 2.24) is 5.32 Å². The lowest BCUT2D eigenvalue weighted by Crippen LogP contribution is -2.13. The van der Waals surface area contributed by atoms with Gasteiger partial charge in [-0.1, -0.05) is 6.92 Å². The van der Waals surface area contributed by atoms with Gasteiger partial charge in [-0.2, -0.15) is 11.3 Å². The van der Waals surface area contributed by atoms with Gasteiger partial charge in [0.25, 0.3) is 0 Å². The Labute approximate surface area is 93.9 Å². The molecule has 0 amide bonds. The Morgan fingerprint density at radius 1 is 1.40 bits per heavy atom. The quantitative estimate of drug-likeness (QED) is 0.782. The Balaban J connectivity index is 2.09. The van der Waals surface area contributed by atoms with Crippen LogP contribution >= 0.6 is 11.3 Å². The zero-order valence-corrected chi connectivity index (χ0v) is 9.64. The predicted molar refractivity (Wildman–Crippen MR) is 64.0 cm³/mol. The van der Waals surface area contributed by atoms with Gasteiger partial charge in [0.1, 0.15) is 5.76 Å². The standard InChI is InChI=1S/C12H15NOS/c1-2-5-13-8-12-11(3-6-14-12)10-4-7-15-9-10/h3-4,6-7,9,13H,2,5,8H2,1H3. The molecule has 2 aromatic rings. The Bertz CT molecular complexity index is 391. The van der Waals surface area contributed by atoms with Gasteiger partial charge >= 0.3 is 0 Å². The summed E-state index contributed by atoms with van der Waals surface area (Å²) in [6, 6.07) is 4.16. The third-order valence-electron chi connectivity index (χ3n) is 2.29. The number of furan rings is 1. The van der Waals surface area contributed by atoms with Gasteiger partial charge in [0, 0.05) is 5.56 Å². The number of hydrogen-bond acceptors (Lipinski definition) is 3. The van der Waals surface area contributed by atoms with Crippen molar-refractivity contribution < 1.29 is 4.42 Å². The van der Waals surface area contributed by atoms with Crippen LogP contribution in [0.2, 0.25) is 0 Å². The molecule has 0 aromatic carbocycles. The molecule has 0 radical (unpaired) electrons. The first kappa shape index (κ1) is 10.5. The van der Waals surface area contributed by atoms with E-state index >= 15 is 0 Å². The molecular weight excluding hydrogens is 206 g/mol. The Morgan fingerprint density at radius 3 is 3.07 bits per heavy atom.